The molecule has 0 N–H and O–H groups in total. The smallest absolute Gasteiger partial charge is 0.176 e. The highest BCUT2D eigenvalue weighted by molar-refractivity contribution is 6.30. The molecule has 0 heterocycles. The second-order valence-electron chi connectivity index (χ2n) is 4.71. The second-order valence-corrected chi connectivity index (χ2v) is 5.12. The molecule has 2 nitrogen and oxygen atoms in total. The molecule has 0 amide bonds. The molecule has 0 spiro atoms. The van der Waals surface area contributed by atoms with E-state index in [1.165, 1.54) is 12.1 Å². The number of carbonyl (C=O) groups excluding carboxylic acids is 1. The van der Waals surface area contributed by atoms with E-state index in [4.69, 9.17) is 11.6 Å². The highest BCUT2D eigenvalue weighted by atomic mass is 35.5. The fraction of sp³-hybridized carbons (Fsp3) is 0.188. The Bertz CT molecular complexity index is 601. The minimum absolute atomic E-state index is 0.0270. The number of benzene rings is 2. The first-order valence-corrected chi connectivity index (χ1v) is 6.65. The van der Waals surface area contributed by atoms with Gasteiger partial charge in [0.15, 0.2) is 5.78 Å². The van der Waals surface area contributed by atoms with Gasteiger partial charge in [-0.25, -0.2) is 4.39 Å². The Labute approximate surface area is 122 Å². The number of halogens is 2. The Morgan fingerprint density at radius 3 is 2.55 bits per heavy atom. The number of hydrogen-bond acceptors (Lipinski definition) is 2. The molecule has 0 aliphatic heterocycles. The lowest BCUT2D eigenvalue weighted by atomic mass is 10.1. The zero-order chi connectivity index (χ0) is 14.5. The average Bonchev–Trinajstić information content (AvgIpc) is 2.42. The molecule has 0 aromatic heterocycles. The summed E-state index contributed by atoms with van der Waals surface area (Å²) in [5.41, 5.74) is 1.47. The third-order valence-corrected chi connectivity index (χ3v) is 3.26. The van der Waals surface area contributed by atoms with Gasteiger partial charge >= 0.3 is 0 Å². The van der Waals surface area contributed by atoms with Crippen LogP contribution in [0.2, 0.25) is 5.02 Å². The highest BCUT2D eigenvalue weighted by Crippen LogP contribution is 2.16. The molecule has 4 heteroatoms. The maximum absolute atomic E-state index is 13.3. The quantitative estimate of drug-likeness (QED) is 0.781. The van der Waals surface area contributed by atoms with E-state index in [9.17, 15) is 9.18 Å². The Hall–Kier alpha value is -1.71. The van der Waals surface area contributed by atoms with E-state index in [0.717, 1.165) is 5.56 Å². The van der Waals surface area contributed by atoms with Crippen molar-refractivity contribution >= 4 is 17.4 Å². The Balaban J connectivity index is 1.98. The van der Waals surface area contributed by atoms with Crippen molar-refractivity contribution in [1.29, 1.82) is 0 Å². The number of ketones is 1. The van der Waals surface area contributed by atoms with Crippen molar-refractivity contribution in [3.8, 4) is 0 Å². The second kappa shape index (κ2) is 6.64. The molecule has 0 radical (unpaired) electrons. The van der Waals surface area contributed by atoms with E-state index in [2.05, 4.69) is 0 Å². The summed E-state index contributed by atoms with van der Waals surface area (Å²) in [6.45, 7) is 0.901. The summed E-state index contributed by atoms with van der Waals surface area (Å²) in [5.74, 6) is -0.692. The van der Waals surface area contributed by atoms with Crippen molar-refractivity contribution in [2.45, 2.75) is 6.54 Å². The first-order valence-electron chi connectivity index (χ1n) is 6.27. The topological polar surface area (TPSA) is 20.3 Å². The number of Topliss-reactive ketones (excluding diaryl/α,β-unsaturated/α-hetero) is 1. The maximum atomic E-state index is 13.3. The average molecular weight is 292 g/mol. The Morgan fingerprint density at radius 1 is 1.20 bits per heavy atom. The first kappa shape index (κ1) is 14.7. The molecule has 0 bridgehead atoms. The molecule has 0 aliphatic rings. The lowest BCUT2D eigenvalue weighted by Crippen LogP contribution is -2.25. The van der Waals surface area contributed by atoms with Crippen molar-refractivity contribution in [2.24, 2.45) is 0 Å². The molecule has 0 saturated carbocycles. The number of rotatable bonds is 5. The standard InChI is InChI=1S/C16H15ClFNO/c1-19(10-12-5-3-2-4-6-12)11-16(20)13-7-8-14(17)15(18)9-13/h2-9H,10-11H2,1H3. The highest BCUT2D eigenvalue weighted by Gasteiger charge is 2.11. The third kappa shape index (κ3) is 3.89. The van der Waals surface area contributed by atoms with Crippen LogP contribution in [0.15, 0.2) is 48.5 Å². The minimum atomic E-state index is -0.566. The molecule has 0 unspecified atom stereocenters. The number of nitrogens with zero attached hydrogens (tertiary/aromatic N) is 1. The molecule has 0 saturated heterocycles. The minimum Gasteiger partial charge on any atom is -0.295 e. The van der Waals surface area contributed by atoms with E-state index in [0.29, 0.717) is 12.1 Å². The lowest BCUT2D eigenvalue weighted by Gasteiger charge is -2.15. The summed E-state index contributed by atoms with van der Waals surface area (Å²) >= 11 is 5.60. The molecule has 2 rings (SSSR count). The summed E-state index contributed by atoms with van der Waals surface area (Å²) < 4.78 is 13.3. The molecule has 104 valence electrons. The molecule has 0 aliphatic carbocycles. The number of carbonyl (C=O) groups is 1. The van der Waals surface area contributed by atoms with Crippen LogP contribution in [0.3, 0.4) is 0 Å². The summed E-state index contributed by atoms with van der Waals surface area (Å²) in [6.07, 6.45) is 0. The predicted octanol–water partition coefficient (Wildman–Crippen LogP) is 3.79. The van der Waals surface area contributed by atoms with E-state index in [1.807, 2.05) is 42.3 Å². The molecular formula is C16H15ClFNO. The van der Waals surface area contributed by atoms with Crippen molar-refractivity contribution in [2.75, 3.05) is 13.6 Å². The first-order chi connectivity index (χ1) is 9.56. The van der Waals surface area contributed by atoms with Crippen LogP contribution < -0.4 is 0 Å². The van der Waals surface area contributed by atoms with Crippen LogP contribution in [-0.2, 0) is 6.54 Å². The largest absolute Gasteiger partial charge is 0.295 e. The van der Waals surface area contributed by atoms with Crippen LogP contribution in [-0.4, -0.2) is 24.3 Å². The third-order valence-electron chi connectivity index (χ3n) is 2.95. The van der Waals surface area contributed by atoms with Crippen molar-refractivity contribution in [1.82, 2.24) is 4.90 Å². The number of hydrogen-bond donors (Lipinski definition) is 0. The Kier molecular flexibility index (Phi) is 4.88. The SMILES string of the molecule is CN(CC(=O)c1ccc(Cl)c(F)c1)Cc1ccccc1. The van der Waals surface area contributed by atoms with E-state index < -0.39 is 5.82 Å². The van der Waals surface area contributed by atoms with Crippen LogP contribution in [0.5, 0.6) is 0 Å². The molecule has 20 heavy (non-hydrogen) atoms. The van der Waals surface area contributed by atoms with Crippen LogP contribution in [0, 0.1) is 5.82 Å². The zero-order valence-corrected chi connectivity index (χ0v) is 11.9. The molecule has 2 aromatic carbocycles. The fourth-order valence-corrected chi connectivity index (χ4v) is 2.07. The normalized spacial score (nSPS) is 10.8. The summed E-state index contributed by atoms with van der Waals surface area (Å²) in [4.78, 5) is 14.0. The summed E-state index contributed by atoms with van der Waals surface area (Å²) in [7, 11) is 1.86. The summed E-state index contributed by atoms with van der Waals surface area (Å²) in [5, 5.41) is 0.0270. The summed E-state index contributed by atoms with van der Waals surface area (Å²) in [6, 6.07) is 14.0. The monoisotopic (exact) mass is 291 g/mol. The van der Waals surface area contributed by atoms with Gasteiger partial charge in [0.1, 0.15) is 5.82 Å². The van der Waals surface area contributed by atoms with Gasteiger partial charge in [0.05, 0.1) is 11.6 Å². The van der Waals surface area contributed by atoms with E-state index in [-0.39, 0.29) is 17.4 Å². The van der Waals surface area contributed by atoms with Gasteiger partial charge in [-0.3, -0.25) is 9.69 Å². The van der Waals surface area contributed by atoms with Gasteiger partial charge in [-0.15, -0.1) is 0 Å². The van der Waals surface area contributed by atoms with Crippen LogP contribution >= 0.6 is 11.6 Å². The van der Waals surface area contributed by atoms with Gasteiger partial charge in [0, 0.05) is 12.1 Å². The molecule has 0 fully saturated rings. The van der Waals surface area contributed by atoms with Gasteiger partial charge in [-0.05, 0) is 30.8 Å². The van der Waals surface area contributed by atoms with Gasteiger partial charge < -0.3 is 0 Å². The molecule has 0 atom stereocenters. The van der Waals surface area contributed by atoms with Crippen LogP contribution in [0.25, 0.3) is 0 Å². The predicted molar refractivity (Wildman–Crippen MR) is 78.5 cm³/mol. The van der Waals surface area contributed by atoms with Crippen molar-refractivity contribution < 1.29 is 9.18 Å². The van der Waals surface area contributed by atoms with E-state index >= 15 is 0 Å². The molecule has 2 aromatic rings. The van der Waals surface area contributed by atoms with Gasteiger partial charge in [-0.2, -0.15) is 0 Å². The van der Waals surface area contributed by atoms with Gasteiger partial charge in [0.25, 0.3) is 0 Å². The van der Waals surface area contributed by atoms with Crippen LogP contribution in [0.1, 0.15) is 15.9 Å². The fourth-order valence-electron chi connectivity index (χ4n) is 1.96. The Morgan fingerprint density at radius 2 is 1.90 bits per heavy atom. The van der Waals surface area contributed by atoms with E-state index in [1.54, 1.807) is 6.07 Å². The maximum Gasteiger partial charge on any atom is 0.176 e. The molecular weight excluding hydrogens is 277 g/mol. The number of likely N-dealkylation sites (N-methyl/N-ethyl adjacent to an activating group) is 1. The van der Waals surface area contributed by atoms with Gasteiger partial charge in [-0.1, -0.05) is 41.9 Å². The van der Waals surface area contributed by atoms with Crippen molar-refractivity contribution in [3.63, 3.8) is 0 Å². The van der Waals surface area contributed by atoms with Crippen molar-refractivity contribution in [3.05, 3.63) is 70.5 Å². The van der Waals surface area contributed by atoms with Gasteiger partial charge in [0.2, 0.25) is 0 Å². The lowest BCUT2D eigenvalue weighted by molar-refractivity contribution is 0.0942. The van der Waals surface area contributed by atoms with Crippen LogP contribution in [0.4, 0.5) is 4.39 Å². The zero-order valence-electron chi connectivity index (χ0n) is 11.1.